The van der Waals surface area contributed by atoms with Crippen LogP contribution in [0.15, 0.2) is 24.4 Å². The van der Waals surface area contributed by atoms with Crippen LogP contribution in [0.5, 0.6) is 0 Å². The Morgan fingerprint density at radius 3 is 2.62 bits per heavy atom. The molecule has 0 saturated carbocycles. The molecule has 1 heterocycles. The fourth-order valence-electron chi connectivity index (χ4n) is 2.17. The molecule has 1 N–H and O–H groups in total. The number of aryl methyl sites for hydroxylation is 1. The standard InChI is InChI=1S/C13H18NOSi/c1-4-10-6-5-7-12-11(8-14-13(10)12)9-16(2,3)15/h5-8,14H,4,9H2,1-3H3. The Hall–Kier alpha value is -1.06. The van der Waals surface area contributed by atoms with Gasteiger partial charge in [0.25, 0.3) is 0 Å². The second-order valence-electron chi connectivity index (χ2n) is 4.94. The number of para-hydroxylation sites is 1. The summed E-state index contributed by atoms with van der Waals surface area (Å²) in [5.41, 5.74) is 3.73. The number of fused-ring (bicyclic) bond motifs is 1. The van der Waals surface area contributed by atoms with E-state index in [0.717, 1.165) is 6.42 Å². The smallest absolute Gasteiger partial charge is 0.235 e. The molecule has 0 aliphatic carbocycles. The minimum absolute atomic E-state index is 0.708. The average Bonchev–Trinajstić information content (AvgIpc) is 2.59. The van der Waals surface area contributed by atoms with E-state index in [1.165, 1.54) is 22.0 Å². The number of benzene rings is 1. The molecule has 0 amide bonds. The number of aromatic amines is 1. The molecule has 2 rings (SSSR count). The quantitative estimate of drug-likeness (QED) is 0.787. The van der Waals surface area contributed by atoms with E-state index in [2.05, 4.69) is 30.1 Å². The van der Waals surface area contributed by atoms with E-state index in [1.54, 1.807) is 0 Å². The normalized spacial score (nSPS) is 12.2. The van der Waals surface area contributed by atoms with Gasteiger partial charge in [-0.25, -0.2) is 0 Å². The molecule has 3 heteroatoms. The van der Waals surface area contributed by atoms with Gasteiger partial charge in [0.05, 0.1) is 0 Å². The molecule has 1 radical (unpaired) electrons. The minimum Gasteiger partial charge on any atom is -0.361 e. The van der Waals surface area contributed by atoms with Crippen molar-refractivity contribution >= 4 is 19.2 Å². The SMILES string of the molecule is CCc1cccc2c(C[Si](C)(C)[O])c[nH]c12. The molecule has 1 aromatic carbocycles. The first-order valence-corrected chi connectivity index (χ1v) is 8.91. The molecule has 0 atom stereocenters. The molecule has 0 bridgehead atoms. The van der Waals surface area contributed by atoms with E-state index in [9.17, 15) is 4.80 Å². The zero-order valence-corrected chi connectivity index (χ0v) is 11.1. The van der Waals surface area contributed by atoms with Gasteiger partial charge in [0, 0.05) is 17.1 Å². The molecule has 1 aromatic heterocycles. The van der Waals surface area contributed by atoms with E-state index in [4.69, 9.17) is 0 Å². The number of nitrogens with one attached hydrogen (secondary N) is 1. The Morgan fingerprint density at radius 2 is 2.00 bits per heavy atom. The van der Waals surface area contributed by atoms with Crippen LogP contribution in [-0.2, 0) is 17.3 Å². The molecule has 16 heavy (non-hydrogen) atoms. The summed E-state index contributed by atoms with van der Waals surface area (Å²) in [5, 5.41) is 1.23. The lowest BCUT2D eigenvalue weighted by Crippen LogP contribution is -2.26. The van der Waals surface area contributed by atoms with Crippen molar-refractivity contribution in [2.24, 2.45) is 0 Å². The Morgan fingerprint density at radius 1 is 1.25 bits per heavy atom. The van der Waals surface area contributed by atoms with Crippen LogP contribution in [0.1, 0.15) is 18.1 Å². The zero-order chi connectivity index (χ0) is 11.8. The van der Waals surface area contributed by atoms with Crippen LogP contribution in [0.25, 0.3) is 10.9 Å². The van der Waals surface area contributed by atoms with Gasteiger partial charge in [0.2, 0.25) is 8.32 Å². The summed E-state index contributed by atoms with van der Waals surface area (Å²) in [6, 6.07) is 7.04. The number of hydrogen-bond donors (Lipinski definition) is 1. The highest BCUT2D eigenvalue weighted by Crippen LogP contribution is 2.24. The van der Waals surface area contributed by atoms with Gasteiger partial charge in [-0.2, -0.15) is 0 Å². The third-order valence-electron chi connectivity index (χ3n) is 2.88. The van der Waals surface area contributed by atoms with Gasteiger partial charge in [0.15, 0.2) is 0 Å². The van der Waals surface area contributed by atoms with Crippen LogP contribution in [0.4, 0.5) is 0 Å². The van der Waals surface area contributed by atoms with Crippen LogP contribution in [0.2, 0.25) is 13.1 Å². The summed E-state index contributed by atoms with van der Waals surface area (Å²) in [4.78, 5) is 15.2. The number of aromatic nitrogens is 1. The monoisotopic (exact) mass is 232 g/mol. The maximum absolute atomic E-state index is 11.9. The summed E-state index contributed by atoms with van der Waals surface area (Å²) in [6.45, 7) is 5.90. The number of H-pyrrole nitrogens is 1. The summed E-state index contributed by atoms with van der Waals surface area (Å²) >= 11 is 0. The van der Waals surface area contributed by atoms with Crippen molar-refractivity contribution in [2.45, 2.75) is 32.5 Å². The average molecular weight is 232 g/mol. The lowest BCUT2D eigenvalue weighted by Gasteiger charge is -2.09. The summed E-state index contributed by atoms with van der Waals surface area (Å²) < 4.78 is 0. The van der Waals surface area contributed by atoms with Crippen LogP contribution >= 0.6 is 0 Å². The van der Waals surface area contributed by atoms with Crippen molar-refractivity contribution < 1.29 is 4.80 Å². The lowest BCUT2D eigenvalue weighted by atomic mass is 10.1. The minimum atomic E-state index is -2.28. The Labute approximate surface area is 97.4 Å². The molecule has 0 aliphatic heterocycles. The maximum Gasteiger partial charge on any atom is 0.235 e. The van der Waals surface area contributed by atoms with E-state index in [0.29, 0.717) is 6.04 Å². The largest absolute Gasteiger partial charge is 0.361 e. The highest BCUT2D eigenvalue weighted by Gasteiger charge is 2.22. The molecular formula is C13H18NOSi. The van der Waals surface area contributed by atoms with Crippen LogP contribution < -0.4 is 0 Å². The van der Waals surface area contributed by atoms with Gasteiger partial charge in [0.1, 0.15) is 0 Å². The van der Waals surface area contributed by atoms with Crippen molar-refractivity contribution in [1.29, 1.82) is 0 Å². The van der Waals surface area contributed by atoms with Gasteiger partial charge in [-0.05, 0) is 36.7 Å². The third-order valence-corrected chi connectivity index (χ3v) is 4.12. The van der Waals surface area contributed by atoms with E-state index in [1.807, 2.05) is 19.3 Å². The fourth-order valence-corrected chi connectivity index (χ4v) is 3.38. The summed E-state index contributed by atoms with van der Waals surface area (Å²) in [7, 11) is -2.28. The van der Waals surface area contributed by atoms with E-state index in [-0.39, 0.29) is 0 Å². The molecule has 0 unspecified atom stereocenters. The molecule has 0 fully saturated rings. The Bertz CT molecular complexity index is 496. The van der Waals surface area contributed by atoms with Crippen LogP contribution in [0, 0.1) is 0 Å². The van der Waals surface area contributed by atoms with Gasteiger partial charge in [-0.1, -0.05) is 25.1 Å². The van der Waals surface area contributed by atoms with Crippen molar-refractivity contribution in [2.75, 3.05) is 0 Å². The first-order valence-electron chi connectivity index (χ1n) is 5.79. The van der Waals surface area contributed by atoms with Crippen molar-refractivity contribution in [3.8, 4) is 0 Å². The molecule has 0 aliphatic rings. The third kappa shape index (κ3) is 2.20. The second-order valence-corrected chi connectivity index (χ2v) is 8.82. The molecule has 2 aromatic rings. The molecular weight excluding hydrogens is 214 g/mol. The molecule has 85 valence electrons. The lowest BCUT2D eigenvalue weighted by molar-refractivity contribution is 0.427. The Kier molecular flexibility index (Phi) is 2.91. The second kappa shape index (κ2) is 4.07. The topological polar surface area (TPSA) is 35.7 Å². The highest BCUT2D eigenvalue weighted by molar-refractivity contribution is 6.69. The van der Waals surface area contributed by atoms with Gasteiger partial charge in [-0.15, -0.1) is 0 Å². The maximum atomic E-state index is 11.9. The van der Waals surface area contributed by atoms with Crippen LogP contribution in [0.3, 0.4) is 0 Å². The van der Waals surface area contributed by atoms with Gasteiger partial charge in [-0.3, -0.25) is 4.80 Å². The van der Waals surface area contributed by atoms with E-state index < -0.39 is 8.32 Å². The van der Waals surface area contributed by atoms with Crippen molar-refractivity contribution in [3.63, 3.8) is 0 Å². The molecule has 0 spiro atoms. The number of hydrogen-bond acceptors (Lipinski definition) is 0. The predicted octanol–water partition coefficient (Wildman–Crippen LogP) is 3.45. The van der Waals surface area contributed by atoms with Crippen molar-refractivity contribution in [3.05, 3.63) is 35.5 Å². The van der Waals surface area contributed by atoms with Gasteiger partial charge >= 0.3 is 0 Å². The first-order chi connectivity index (χ1) is 7.51. The predicted molar refractivity (Wildman–Crippen MR) is 69.5 cm³/mol. The first kappa shape index (κ1) is 11.4. The van der Waals surface area contributed by atoms with E-state index >= 15 is 0 Å². The summed E-state index contributed by atoms with van der Waals surface area (Å²) in [6.07, 6.45) is 3.03. The Balaban J connectivity index is 2.49. The summed E-state index contributed by atoms with van der Waals surface area (Å²) in [5.74, 6) is 0. The number of rotatable bonds is 3. The van der Waals surface area contributed by atoms with Gasteiger partial charge < -0.3 is 4.98 Å². The molecule has 2 nitrogen and oxygen atoms in total. The van der Waals surface area contributed by atoms with Crippen molar-refractivity contribution in [1.82, 2.24) is 4.98 Å². The van der Waals surface area contributed by atoms with Crippen LogP contribution in [-0.4, -0.2) is 13.3 Å². The molecule has 0 saturated heterocycles. The highest BCUT2D eigenvalue weighted by atomic mass is 28.4. The zero-order valence-electron chi connectivity index (χ0n) is 10.1. The fraction of sp³-hybridized carbons (Fsp3) is 0.385.